The molecule has 0 spiro atoms. The minimum absolute atomic E-state index is 0.214. The lowest BCUT2D eigenvalue weighted by Crippen LogP contribution is -2.16. The lowest BCUT2D eigenvalue weighted by atomic mass is 9.98. The van der Waals surface area contributed by atoms with Gasteiger partial charge >= 0.3 is 6.36 Å². The lowest BCUT2D eigenvalue weighted by molar-refractivity contribution is -0.274. The first-order valence-corrected chi connectivity index (χ1v) is 9.54. The maximum absolute atomic E-state index is 12.7. The van der Waals surface area contributed by atoms with Gasteiger partial charge in [-0.2, -0.15) is 0 Å². The first kappa shape index (κ1) is 19.3. The number of hydrogen-bond acceptors (Lipinski definition) is 2. The van der Waals surface area contributed by atoms with Crippen molar-refractivity contribution in [2.24, 2.45) is 5.73 Å². The van der Waals surface area contributed by atoms with E-state index < -0.39 is 6.36 Å². The molecule has 0 bridgehead atoms. The molecular weight excluding hydrogens is 377 g/mol. The number of nitrogens with two attached hydrogens (primary N) is 1. The molecule has 0 unspecified atom stereocenters. The number of aryl methyl sites for hydroxylation is 1. The molecule has 3 N–H and O–H groups in total. The molecule has 3 aromatic carbocycles. The first-order valence-electron chi connectivity index (χ1n) is 9.54. The maximum Gasteiger partial charge on any atom is 0.573 e. The average molecular weight is 398 g/mol. The van der Waals surface area contributed by atoms with Crippen LogP contribution in [-0.2, 0) is 6.42 Å². The van der Waals surface area contributed by atoms with Gasteiger partial charge in [0.2, 0.25) is 0 Å². The first-order chi connectivity index (χ1) is 13.9. The van der Waals surface area contributed by atoms with E-state index in [0.29, 0.717) is 6.54 Å². The molecule has 6 heteroatoms. The number of nitrogens with one attached hydrogen (secondary N) is 1. The van der Waals surface area contributed by atoms with E-state index >= 15 is 0 Å². The van der Waals surface area contributed by atoms with Crippen molar-refractivity contribution in [2.75, 3.05) is 6.54 Å². The van der Waals surface area contributed by atoms with Crippen LogP contribution in [0.15, 0.2) is 60.7 Å². The molecule has 4 rings (SSSR count). The fourth-order valence-electron chi connectivity index (χ4n) is 3.72. The summed E-state index contributed by atoms with van der Waals surface area (Å²) in [7, 11) is 0. The van der Waals surface area contributed by atoms with E-state index in [2.05, 4.69) is 21.9 Å². The van der Waals surface area contributed by atoms with Gasteiger partial charge in [-0.05, 0) is 72.0 Å². The molecule has 0 saturated heterocycles. The van der Waals surface area contributed by atoms with E-state index in [4.69, 9.17) is 5.73 Å². The number of aromatic amines is 1. The van der Waals surface area contributed by atoms with E-state index in [-0.39, 0.29) is 5.75 Å². The Bertz CT molecular complexity index is 1150. The van der Waals surface area contributed by atoms with Crippen molar-refractivity contribution in [1.82, 2.24) is 4.98 Å². The van der Waals surface area contributed by atoms with Crippen LogP contribution in [0.1, 0.15) is 18.4 Å². The third-order valence-corrected chi connectivity index (χ3v) is 5.03. The summed E-state index contributed by atoms with van der Waals surface area (Å²) in [6, 6.07) is 18.7. The number of rotatable bonds is 6. The third-order valence-electron chi connectivity index (χ3n) is 5.03. The molecule has 0 atom stereocenters. The standard InChI is InChI=1S/C23H21F3N2O/c24-23(25,26)29-18-10-11-21-20(14-18)19(7-3-4-12-27)22(28-21)17-9-8-15-5-1-2-6-16(15)13-17/h1-2,5-6,8-11,13-14,28H,3-4,7,12,27H2. The number of H-pyrrole nitrogens is 1. The number of ether oxygens (including phenoxy) is 1. The Morgan fingerprint density at radius 2 is 1.69 bits per heavy atom. The monoisotopic (exact) mass is 398 g/mol. The fraction of sp³-hybridized carbons (Fsp3) is 0.217. The zero-order valence-electron chi connectivity index (χ0n) is 15.7. The summed E-state index contributed by atoms with van der Waals surface area (Å²) in [6.07, 6.45) is -2.29. The molecule has 0 radical (unpaired) electrons. The second-order valence-electron chi connectivity index (χ2n) is 7.04. The predicted molar refractivity (Wildman–Crippen MR) is 110 cm³/mol. The SMILES string of the molecule is NCCCCc1c(-c2ccc3ccccc3c2)[nH]c2ccc(OC(F)(F)F)cc12. The van der Waals surface area contributed by atoms with Gasteiger partial charge in [-0.1, -0.05) is 36.4 Å². The summed E-state index contributed by atoms with van der Waals surface area (Å²) >= 11 is 0. The molecule has 150 valence electrons. The lowest BCUT2D eigenvalue weighted by Gasteiger charge is -2.09. The summed E-state index contributed by atoms with van der Waals surface area (Å²) in [5, 5.41) is 2.99. The number of unbranched alkanes of at least 4 members (excludes halogenated alkanes) is 1. The second kappa shape index (κ2) is 7.79. The minimum atomic E-state index is -4.72. The van der Waals surface area contributed by atoms with Crippen LogP contribution in [0.5, 0.6) is 5.75 Å². The number of alkyl halides is 3. The quantitative estimate of drug-likeness (QED) is 0.382. The summed E-state index contributed by atoms with van der Waals surface area (Å²) in [4.78, 5) is 3.39. The molecule has 0 aliphatic carbocycles. The topological polar surface area (TPSA) is 51.0 Å². The van der Waals surface area contributed by atoms with Crippen molar-refractivity contribution in [2.45, 2.75) is 25.6 Å². The van der Waals surface area contributed by atoms with E-state index in [9.17, 15) is 13.2 Å². The Morgan fingerprint density at radius 3 is 2.45 bits per heavy atom. The van der Waals surface area contributed by atoms with Crippen LogP contribution < -0.4 is 10.5 Å². The van der Waals surface area contributed by atoms with Crippen molar-refractivity contribution in [1.29, 1.82) is 0 Å². The van der Waals surface area contributed by atoms with Crippen molar-refractivity contribution in [3.63, 3.8) is 0 Å². The fourth-order valence-corrected chi connectivity index (χ4v) is 3.72. The number of benzene rings is 3. The van der Waals surface area contributed by atoms with Gasteiger partial charge in [-0.3, -0.25) is 0 Å². The van der Waals surface area contributed by atoms with E-state index in [1.165, 1.54) is 12.1 Å². The number of fused-ring (bicyclic) bond motifs is 2. The van der Waals surface area contributed by atoms with Gasteiger partial charge < -0.3 is 15.5 Å². The number of hydrogen-bond donors (Lipinski definition) is 2. The summed E-state index contributed by atoms with van der Waals surface area (Å²) in [6.45, 7) is 0.579. The molecule has 29 heavy (non-hydrogen) atoms. The molecule has 1 heterocycles. The molecule has 4 aromatic rings. The van der Waals surface area contributed by atoms with Crippen LogP contribution in [0.2, 0.25) is 0 Å². The number of aromatic nitrogens is 1. The van der Waals surface area contributed by atoms with Crippen molar-refractivity contribution >= 4 is 21.7 Å². The molecule has 0 saturated carbocycles. The van der Waals surface area contributed by atoms with Crippen LogP contribution in [0.3, 0.4) is 0 Å². The maximum atomic E-state index is 12.7. The third kappa shape index (κ3) is 4.22. The van der Waals surface area contributed by atoms with Gasteiger partial charge in [0.05, 0.1) is 0 Å². The average Bonchev–Trinajstić information content (AvgIpc) is 3.04. The molecule has 1 aromatic heterocycles. The highest BCUT2D eigenvalue weighted by molar-refractivity contribution is 5.94. The van der Waals surface area contributed by atoms with Crippen LogP contribution >= 0.6 is 0 Å². The van der Waals surface area contributed by atoms with Gasteiger partial charge in [0.15, 0.2) is 0 Å². The summed E-state index contributed by atoms with van der Waals surface area (Å²) in [5.41, 5.74) is 9.32. The number of halogens is 3. The highest BCUT2D eigenvalue weighted by Crippen LogP contribution is 2.36. The Kier molecular flexibility index (Phi) is 5.20. The van der Waals surface area contributed by atoms with E-state index in [1.807, 2.05) is 30.3 Å². The second-order valence-corrected chi connectivity index (χ2v) is 7.04. The van der Waals surface area contributed by atoms with E-state index in [0.717, 1.165) is 57.8 Å². The Balaban J connectivity index is 1.83. The Hall–Kier alpha value is -2.99. The largest absolute Gasteiger partial charge is 0.573 e. The van der Waals surface area contributed by atoms with Crippen LogP contribution in [0.4, 0.5) is 13.2 Å². The van der Waals surface area contributed by atoms with Crippen molar-refractivity contribution < 1.29 is 17.9 Å². The minimum Gasteiger partial charge on any atom is -0.406 e. The molecule has 0 aliphatic rings. The smallest absolute Gasteiger partial charge is 0.406 e. The molecule has 0 fully saturated rings. The normalized spacial score (nSPS) is 12.0. The van der Waals surface area contributed by atoms with Crippen molar-refractivity contribution in [3.8, 4) is 17.0 Å². The zero-order valence-corrected chi connectivity index (χ0v) is 15.7. The van der Waals surface area contributed by atoms with Gasteiger partial charge in [-0.15, -0.1) is 13.2 Å². The predicted octanol–water partition coefficient (Wildman–Crippen LogP) is 6.17. The molecular formula is C23H21F3N2O. The van der Waals surface area contributed by atoms with Crippen LogP contribution in [0.25, 0.3) is 32.9 Å². The zero-order chi connectivity index (χ0) is 20.4. The van der Waals surface area contributed by atoms with E-state index in [1.54, 1.807) is 6.07 Å². The summed E-state index contributed by atoms with van der Waals surface area (Å²) < 4.78 is 42.1. The molecule has 0 aliphatic heterocycles. The highest BCUT2D eigenvalue weighted by atomic mass is 19.4. The van der Waals surface area contributed by atoms with Gasteiger partial charge in [0.1, 0.15) is 5.75 Å². The van der Waals surface area contributed by atoms with Gasteiger partial charge in [-0.25, -0.2) is 0 Å². The van der Waals surface area contributed by atoms with Gasteiger partial charge in [0.25, 0.3) is 0 Å². The Labute approximate surface area is 166 Å². The van der Waals surface area contributed by atoms with Crippen LogP contribution in [-0.4, -0.2) is 17.9 Å². The highest BCUT2D eigenvalue weighted by Gasteiger charge is 2.31. The van der Waals surface area contributed by atoms with Crippen LogP contribution in [0, 0.1) is 0 Å². The molecule has 0 amide bonds. The van der Waals surface area contributed by atoms with Crippen molar-refractivity contribution in [3.05, 3.63) is 66.2 Å². The Morgan fingerprint density at radius 1 is 0.897 bits per heavy atom. The molecule has 3 nitrogen and oxygen atoms in total. The summed E-state index contributed by atoms with van der Waals surface area (Å²) in [5.74, 6) is -0.214. The van der Waals surface area contributed by atoms with Gasteiger partial charge in [0, 0.05) is 16.6 Å².